The lowest BCUT2D eigenvalue weighted by Crippen LogP contribution is -2.05. The Morgan fingerprint density at radius 3 is 2.24 bits per heavy atom. The fraction of sp³-hybridized carbons (Fsp3) is 0.0625. The zero-order valence-corrected chi connectivity index (χ0v) is 11.4. The number of carbonyl (C=O) groups excluding carboxylic acids is 1. The van der Waals surface area contributed by atoms with Crippen LogP contribution < -0.4 is 0 Å². The SMILES string of the molecule is COC(=O)c1nc(-c2ccccc2)n(-c2ccccc2)n1. The number of rotatable bonds is 3. The van der Waals surface area contributed by atoms with Crippen molar-refractivity contribution < 1.29 is 9.53 Å². The Bertz CT molecular complexity index is 695. The molecule has 0 bridgehead atoms. The van der Waals surface area contributed by atoms with Crippen LogP contribution in [0.15, 0.2) is 60.7 Å². The van der Waals surface area contributed by atoms with Gasteiger partial charge >= 0.3 is 5.97 Å². The molecule has 3 rings (SSSR count). The molecule has 0 saturated carbocycles. The largest absolute Gasteiger partial charge is 0.463 e. The number of para-hydroxylation sites is 1. The van der Waals surface area contributed by atoms with Crippen LogP contribution in [0.25, 0.3) is 17.1 Å². The molecule has 0 aliphatic carbocycles. The van der Waals surface area contributed by atoms with Crippen molar-refractivity contribution in [1.29, 1.82) is 0 Å². The summed E-state index contributed by atoms with van der Waals surface area (Å²) in [4.78, 5) is 16.0. The summed E-state index contributed by atoms with van der Waals surface area (Å²) in [5, 5.41) is 4.26. The summed E-state index contributed by atoms with van der Waals surface area (Å²) in [7, 11) is 1.31. The van der Waals surface area contributed by atoms with E-state index in [0.29, 0.717) is 5.82 Å². The number of methoxy groups -OCH3 is 1. The molecule has 3 aromatic rings. The maximum Gasteiger partial charge on any atom is 0.377 e. The monoisotopic (exact) mass is 279 g/mol. The second kappa shape index (κ2) is 5.58. The molecule has 2 aromatic carbocycles. The third kappa shape index (κ3) is 2.53. The summed E-state index contributed by atoms with van der Waals surface area (Å²) in [6.45, 7) is 0. The summed E-state index contributed by atoms with van der Waals surface area (Å²) < 4.78 is 6.34. The quantitative estimate of drug-likeness (QED) is 0.692. The van der Waals surface area contributed by atoms with Gasteiger partial charge in [-0.25, -0.2) is 14.5 Å². The van der Waals surface area contributed by atoms with Crippen molar-refractivity contribution in [3.05, 3.63) is 66.5 Å². The lowest BCUT2D eigenvalue weighted by atomic mass is 10.2. The van der Waals surface area contributed by atoms with E-state index < -0.39 is 5.97 Å². The van der Waals surface area contributed by atoms with E-state index in [0.717, 1.165) is 11.3 Å². The van der Waals surface area contributed by atoms with Crippen LogP contribution >= 0.6 is 0 Å². The maximum atomic E-state index is 11.7. The summed E-state index contributed by atoms with van der Waals surface area (Å²) in [5.41, 5.74) is 1.71. The van der Waals surface area contributed by atoms with Gasteiger partial charge in [-0.2, -0.15) is 0 Å². The number of hydrogen-bond acceptors (Lipinski definition) is 4. The standard InChI is InChI=1S/C16H13N3O2/c1-21-16(20)14-17-15(12-8-4-2-5-9-12)19(18-14)13-10-6-3-7-11-13/h2-11H,1H3. The van der Waals surface area contributed by atoms with Gasteiger partial charge in [0.2, 0.25) is 0 Å². The van der Waals surface area contributed by atoms with E-state index in [-0.39, 0.29) is 5.82 Å². The maximum absolute atomic E-state index is 11.7. The number of hydrogen-bond donors (Lipinski definition) is 0. The predicted molar refractivity (Wildman–Crippen MR) is 78.1 cm³/mol. The number of ether oxygens (including phenoxy) is 1. The molecule has 0 N–H and O–H groups in total. The molecule has 0 spiro atoms. The van der Waals surface area contributed by atoms with Gasteiger partial charge in [-0.3, -0.25) is 0 Å². The minimum Gasteiger partial charge on any atom is -0.463 e. The fourth-order valence-corrected chi connectivity index (χ4v) is 2.01. The van der Waals surface area contributed by atoms with Crippen molar-refractivity contribution in [1.82, 2.24) is 14.8 Å². The summed E-state index contributed by atoms with van der Waals surface area (Å²) in [5.74, 6) is 0.0873. The van der Waals surface area contributed by atoms with E-state index in [4.69, 9.17) is 4.74 Å². The van der Waals surface area contributed by atoms with E-state index in [1.54, 1.807) is 4.68 Å². The van der Waals surface area contributed by atoms with Crippen LogP contribution in [-0.4, -0.2) is 27.8 Å². The molecule has 0 atom stereocenters. The van der Waals surface area contributed by atoms with Gasteiger partial charge in [-0.1, -0.05) is 48.5 Å². The number of aromatic nitrogens is 3. The molecule has 5 nitrogen and oxygen atoms in total. The van der Waals surface area contributed by atoms with Gasteiger partial charge in [0, 0.05) is 5.56 Å². The van der Waals surface area contributed by atoms with Crippen LogP contribution in [0.3, 0.4) is 0 Å². The van der Waals surface area contributed by atoms with E-state index in [9.17, 15) is 4.79 Å². The molecule has 1 aromatic heterocycles. The number of benzene rings is 2. The Hall–Kier alpha value is -2.95. The van der Waals surface area contributed by atoms with Crippen molar-refractivity contribution in [2.45, 2.75) is 0 Å². The predicted octanol–water partition coefficient (Wildman–Crippen LogP) is 2.72. The molecular weight excluding hydrogens is 266 g/mol. The van der Waals surface area contributed by atoms with Gasteiger partial charge in [-0.15, -0.1) is 5.10 Å². The fourth-order valence-electron chi connectivity index (χ4n) is 2.01. The molecule has 5 heteroatoms. The highest BCUT2D eigenvalue weighted by molar-refractivity contribution is 5.85. The van der Waals surface area contributed by atoms with Crippen molar-refractivity contribution in [3.63, 3.8) is 0 Å². The highest BCUT2D eigenvalue weighted by Crippen LogP contribution is 2.21. The first-order valence-corrected chi connectivity index (χ1v) is 6.46. The van der Waals surface area contributed by atoms with Crippen LogP contribution in [0.2, 0.25) is 0 Å². The molecule has 0 aliphatic rings. The third-order valence-corrected chi connectivity index (χ3v) is 3.01. The third-order valence-electron chi connectivity index (χ3n) is 3.01. The second-order valence-corrected chi connectivity index (χ2v) is 4.36. The van der Waals surface area contributed by atoms with E-state index in [2.05, 4.69) is 10.1 Å². The van der Waals surface area contributed by atoms with E-state index >= 15 is 0 Å². The van der Waals surface area contributed by atoms with Crippen molar-refractivity contribution in [3.8, 4) is 17.1 Å². The van der Waals surface area contributed by atoms with Crippen molar-refractivity contribution in [2.24, 2.45) is 0 Å². The molecule has 0 fully saturated rings. The zero-order valence-electron chi connectivity index (χ0n) is 11.4. The van der Waals surface area contributed by atoms with Crippen LogP contribution in [0.1, 0.15) is 10.6 Å². The average Bonchev–Trinajstić information content (AvgIpc) is 3.01. The molecule has 0 radical (unpaired) electrons. The van der Waals surface area contributed by atoms with E-state index in [1.165, 1.54) is 7.11 Å². The topological polar surface area (TPSA) is 57.0 Å². The number of carbonyl (C=O) groups is 1. The summed E-state index contributed by atoms with van der Waals surface area (Å²) in [6, 6.07) is 19.1. The Morgan fingerprint density at radius 1 is 1.00 bits per heavy atom. The second-order valence-electron chi connectivity index (χ2n) is 4.36. The summed E-state index contributed by atoms with van der Waals surface area (Å²) >= 11 is 0. The van der Waals surface area contributed by atoms with Gasteiger partial charge in [0.05, 0.1) is 12.8 Å². The zero-order chi connectivity index (χ0) is 14.7. The Morgan fingerprint density at radius 2 is 1.62 bits per heavy atom. The summed E-state index contributed by atoms with van der Waals surface area (Å²) in [6.07, 6.45) is 0. The van der Waals surface area contributed by atoms with Crippen LogP contribution in [0, 0.1) is 0 Å². The van der Waals surface area contributed by atoms with Crippen molar-refractivity contribution >= 4 is 5.97 Å². The first kappa shape index (κ1) is 13.1. The Kier molecular flexibility index (Phi) is 3.47. The van der Waals surface area contributed by atoms with Gasteiger partial charge < -0.3 is 4.74 Å². The lowest BCUT2D eigenvalue weighted by Gasteiger charge is -2.05. The van der Waals surface area contributed by atoms with Crippen molar-refractivity contribution in [2.75, 3.05) is 7.11 Å². The normalized spacial score (nSPS) is 10.3. The first-order chi connectivity index (χ1) is 10.3. The molecule has 0 amide bonds. The van der Waals surface area contributed by atoms with Crippen LogP contribution in [0.5, 0.6) is 0 Å². The van der Waals surface area contributed by atoms with Crippen LogP contribution in [-0.2, 0) is 4.74 Å². The van der Waals surface area contributed by atoms with E-state index in [1.807, 2.05) is 60.7 Å². The Balaban J connectivity index is 2.18. The lowest BCUT2D eigenvalue weighted by molar-refractivity contribution is 0.0587. The molecule has 104 valence electrons. The van der Waals surface area contributed by atoms with Crippen LogP contribution in [0.4, 0.5) is 0 Å². The highest BCUT2D eigenvalue weighted by atomic mass is 16.5. The molecule has 0 saturated heterocycles. The first-order valence-electron chi connectivity index (χ1n) is 6.46. The molecular formula is C16H13N3O2. The molecule has 0 aliphatic heterocycles. The molecule has 0 unspecified atom stereocenters. The number of esters is 1. The van der Waals surface area contributed by atoms with Gasteiger partial charge in [0.25, 0.3) is 5.82 Å². The minimum atomic E-state index is -0.554. The Labute approximate surface area is 121 Å². The highest BCUT2D eigenvalue weighted by Gasteiger charge is 2.18. The molecule has 21 heavy (non-hydrogen) atoms. The average molecular weight is 279 g/mol. The van der Waals surface area contributed by atoms with Gasteiger partial charge in [0.15, 0.2) is 5.82 Å². The minimum absolute atomic E-state index is 0.0419. The smallest absolute Gasteiger partial charge is 0.377 e. The van der Waals surface area contributed by atoms with Gasteiger partial charge in [-0.05, 0) is 12.1 Å². The number of nitrogens with zero attached hydrogens (tertiary/aromatic N) is 3. The van der Waals surface area contributed by atoms with Gasteiger partial charge in [0.1, 0.15) is 0 Å². The molecule has 1 heterocycles.